The minimum Gasteiger partial charge on any atom is -0.508 e. The fraction of sp³-hybridized carbons (Fsp3) is 0.333. The molecule has 78 valence electrons. The third-order valence-corrected chi connectivity index (χ3v) is 3.77. The van der Waals surface area contributed by atoms with E-state index in [0.717, 1.165) is 0 Å². The van der Waals surface area contributed by atoms with Gasteiger partial charge in [0.25, 0.3) is 0 Å². The maximum Gasteiger partial charge on any atom is 0.234 e. The topological polar surface area (TPSA) is 57.6 Å². The summed E-state index contributed by atoms with van der Waals surface area (Å²) in [5.74, 6) is 0.181. The number of phenolic OH excluding ortho intramolecular Hbond substituents is 1. The Balaban J connectivity index is 3.01. The first kappa shape index (κ1) is 10.8. The molecule has 5 heteroatoms. The van der Waals surface area contributed by atoms with Gasteiger partial charge in [-0.25, -0.2) is 8.42 Å². The Labute approximate surface area is 83.8 Å². The molecule has 1 aromatic rings. The van der Waals surface area contributed by atoms with Crippen molar-refractivity contribution < 1.29 is 13.5 Å². The van der Waals surface area contributed by atoms with E-state index in [0.29, 0.717) is 5.69 Å². The molecule has 0 aliphatic carbocycles. The molecule has 0 unspecified atom stereocenters. The molecule has 0 radical (unpaired) electrons. The van der Waals surface area contributed by atoms with Crippen molar-refractivity contribution in [1.82, 2.24) is 0 Å². The number of phenols is 1. The van der Waals surface area contributed by atoms with Gasteiger partial charge in [-0.05, 0) is 31.2 Å². The van der Waals surface area contributed by atoms with Gasteiger partial charge in [-0.1, -0.05) is 0 Å². The molecule has 0 saturated carbocycles. The van der Waals surface area contributed by atoms with Gasteiger partial charge in [-0.15, -0.1) is 0 Å². The highest BCUT2D eigenvalue weighted by atomic mass is 32.2. The Kier molecular flexibility index (Phi) is 3.00. The van der Waals surface area contributed by atoms with Crippen molar-refractivity contribution in [3.05, 3.63) is 24.3 Å². The normalized spacial score (nSPS) is 11.3. The first-order valence-corrected chi connectivity index (χ1v) is 5.84. The van der Waals surface area contributed by atoms with Crippen LogP contribution in [0.4, 0.5) is 5.69 Å². The summed E-state index contributed by atoms with van der Waals surface area (Å²) in [5, 5.41) is 9.03. The number of sulfonamides is 1. The van der Waals surface area contributed by atoms with Crippen LogP contribution in [-0.4, -0.2) is 26.3 Å². The van der Waals surface area contributed by atoms with Gasteiger partial charge in [0, 0.05) is 7.05 Å². The van der Waals surface area contributed by atoms with E-state index in [9.17, 15) is 8.42 Å². The Bertz CT molecular complexity index is 397. The van der Waals surface area contributed by atoms with Crippen LogP contribution < -0.4 is 4.31 Å². The Morgan fingerprint density at radius 3 is 2.21 bits per heavy atom. The predicted octanol–water partition coefficient (Wildman–Crippen LogP) is 1.18. The molecule has 0 aromatic heterocycles. The number of benzene rings is 1. The van der Waals surface area contributed by atoms with E-state index >= 15 is 0 Å². The molecule has 4 nitrogen and oxygen atoms in total. The molecule has 1 rings (SSSR count). The molecule has 0 saturated heterocycles. The maximum absolute atomic E-state index is 11.4. The zero-order chi connectivity index (χ0) is 10.8. The third-order valence-electron chi connectivity index (χ3n) is 2.00. The van der Waals surface area contributed by atoms with Crippen LogP contribution in [0, 0.1) is 0 Å². The van der Waals surface area contributed by atoms with E-state index in [1.54, 1.807) is 19.1 Å². The van der Waals surface area contributed by atoms with Gasteiger partial charge >= 0.3 is 0 Å². The summed E-state index contributed by atoms with van der Waals surface area (Å²) in [6.07, 6.45) is 0. The van der Waals surface area contributed by atoms with Crippen LogP contribution >= 0.6 is 0 Å². The van der Waals surface area contributed by atoms with Crippen molar-refractivity contribution in [3.63, 3.8) is 0 Å². The number of hydrogen-bond acceptors (Lipinski definition) is 3. The van der Waals surface area contributed by atoms with E-state index < -0.39 is 10.0 Å². The molecule has 1 N–H and O–H groups in total. The lowest BCUT2D eigenvalue weighted by atomic mass is 10.3. The highest BCUT2D eigenvalue weighted by Crippen LogP contribution is 2.19. The molecule has 0 aliphatic heterocycles. The van der Waals surface area contributed by atoms with Crippen LogP contribution in [0.5, 0.6) is 5.75 Å². The van der Waals surface area contributed by atoms with Gasteiger partial charge in [0.1, 0.15) is 5.75 Å². The van der Waals surface area contributed by atoms with E-state index in [-0.39, 0.29) is 11.5 Å². The van der Waals surface area contributed by atoms with E-state index in [2.05, 4.69) is 0 Å². The molecule has 0 amide bonds. The van der Waals surface area contributed by atoms with Crippen molar-refractivity contribution >= 4 is 15.7 Å². The summed E-state index contributed by atoms with van der Waals surface area (Å²) >= 11 is 0. The largest absolute Gasteiger partial charge is 0.508 e. The number of anilines is 1. The van der Waals surface area contributed by atoms with Crippen LogP contribution in [0.3, 0.4) is 0 Å². The molecule has 0 heterocycles. The minimum absolute atomic E-state index is 0.0599. The van der Waals surface area contributed by atoms with Gasteiger partial charge in [0.2, 0.25) is 10.0 Å². The summed E-state index contributed by atoms with van der Waals surface area (Å²) in [7, 11) is -1.72. The summed E-state index contributed by atoms with van der Waals surface area (Å²) in [4.78, 5) is 0. The van der Waals surface area contributed by atoms with Crippen molar-refractivity contribution in [2.45, 2.75) is 6.92 Å². The predicted molar refractivity (Wildman–Crippen MR) is 56.0 cm³/mol. The Hall–Kier alpha value is -1.23. The van der Waals surface area contributed by atoms with E-state index in [1.165, 1.54) is 23.5 Å². The third kappa shape index (κ3) is 2.17. The van der Waals surface area contributed by atoms with Gasteiger partial charge in [0.05, 0.1) is 11.4 Å². The van der Waals surface area contributed by atoms with Crippen LogP contribution in [0.15, 0.2) is 24.3 Å². The molecule has 0 aliphatic rings. The van der Waals surface area contributed by atoms with Crippen LogP contribution in [-0.2, 0) is 10.0 Å². The second kappa shape index (κ2) is 3.88. The van der Waals surface area contributed by atoms with E-state index in [4.69, 9.17) is 5.11 Å². The van der Waals surface area contributed by atoms with Crippen molar-refractivity contribution in [2.75, 3.05) is 17.1 Å². The minimum atomic E-state index is -3.21. The lowest BCUT2D eigenvalue weighted by Gasteiger charge is -2.18. The first-order valence-electron chi connectivity index (χ1n) is 4.23. The lowest BCUT2D eigenvalue weighted by molar-refractivity contribution is 0.475. The number of hydrogen-bond donors (Lipinski definition) is 1. The van der Waals surface area contributed by atoms with Crippen molar-refractivity contribution in [2.24, 2.45) is 0 Å². The Morgan fingerprint density at radius 1 is 1.29 bits per heavy atom. The second-order valence-corrected chi connectivity index (χ2v) is 5.17. The average Bonchev–Trinajstić information content (AvgIpc) is 2.18. The van der Waals surface area contributed by atoms with Crippen molar-refractivity contribution in [1.29, 1.82) is 0 Å². The Morgan fingerprint density at radius 2 is 1.79 bits per heavy atom. The molecule has 0 atom stereocenters. The molecule has 14 heavy (non-hydrogen) atoms. The summed E-state index contributed by atoms with van der Waals surface area (Å²) in [5.41, 5.74) is 0.546. The summed E-state index contributed by atoms with van der Waals surface area (Å²) in [6, 6.07) is 6.03. The lowest BCUT2D eigenvalue weighted by Crippen LogP contribution is -2.27. The fourth-order valence-corrected chi connectivity index (χ4v) is 1.85. The maximum atomic E-state index is 11.4. The number of rotatable bonds is 3. The van der Waals surface area contributed by atoms with Gasteiger partial charge in [-0.3, -0.25) is 4.31 Å². The van der Waals surface area contributed by atoms with Crippen LogP contribution in [0.25, 0.3) is 0 Å². The first-order chi connectivity index (χ1) is 6.47. The molecule has 1 aromatic carbocycles. The zero-order valence-corrected chi connectivity index (χ0v) is 8.95. The molecular formula is C9H13NO3S. The van der Waals surface area contributed by atoms with Crippen LogP contribution in [0.2, 0.25) is 0 Å². The fourth-order valence-electron chi connectivity index (χ4n) is 1.02. The molecule has 0 bridgehead atoms. The highest BCUT2D eigenvalue weighted by molar-refractivity contribution is 7.92. The number of nitrogens with zero attached hydrogens (tertiary/aromatic N) is 1. The van der Waals surface area contributed by atoms with Crippen LogP contribution in [0.1, 0.15) is 6.92 Å². The summed E-state index contributed by atoms with van der Waals surface area (Å²) < 4.78 is 24.1. The average molecular weight is 215 g/mol. The van der Waals surface area contributed by atoms with E-state index in [1.807, 2.05) is 0 Å². The standard InChI is InChI=1S/C9H13NO3S/c1-3-14(12,13)10(2)8-4-6-9(11)7-5-8/h4-7,11H,3H2,1-2H3. The van der Waals surface area contributed by atoms with Gasteiger partial charge in [0.15, 0.2) is 0 Å². The zero-order valence-electron chi connectivity index (χ0n) is 8.14. The highest BCUT2D eigenvalue weighted by Gasteiger charge is 2.15. The number of aromatic hydroxyl groups is 1. The molecular weight excluding hydrogens is 202 g/mol. The smallest absolute Gasteiger partial charge is 0.234 e. The molecule has 0 fully saturated rings. The second-order valence-electron chi connectivity index (χ2n) is 2.88. The SMILES string of the molecule is CCS(=O)(=O)N(C)c1ccc(O)cc1. The van der Waals surface area contributed by atoms with Gasteiger partial charge < -0.3 is 5.11 Å². The molecule has 0 spiro atoms. The van der Waals surface area contributed by atoms with Gasteiger partial charge in [-0.2, -0.15) is 0 Å². The monoisotopic (exact) mass is 215 g/mol. The van der Waals surface area contributed by atoms with Crippen molar-refractivity contribution in [3.8, 4) is 5.75 Å². The quantitative estimate of drug-likeness (QED) is 0.823. The summed E-state index contributed by atoms with van der Waals surface area (Å²) in [6.45, 7) is 1.59.